The molecule has 148 valence electrons. The van der Waals surface area contributed by atoms with Crippen molar-refractivity contribution >= 4 is 17.2 Å². The van der Waals surface area contributed by atoms with E-state index in [1.54, 1.807) is 0 Å². The lowest BCUT2D eigenvalue weighted by Crippen LogP contribution is -2.38. The zero-order valence-corrected chi connectivity index (χ0v) is 17.5. The Balaban J connectivity index is 1.36. The van der Waals surface area contributed by atoms with Crippen molar-refractivity contribution in [1.82, 2.24) is 4.90 Å². The van der Waals surface area contributed by atoms with Crippen LogP contribution in [0.5, 0.6) is 5.75 Å². The number of nitrogens with zero attached hydrogens (tertiary/aromatic N) is 1. The summed E-state index contributed by atoms with van der Waals surface area (Å²) >= 11 is 5.87. The molecule has 0 saturated carbocycles. The highest BCUT2D eigenvalue weighted by Crippen LogP contribution is 2.26. The fourth-order valence-electron chi connectivity index (χ4n) is 3.96. The Morgan fingerprint density at radius 1 is 0.793 bits per heavy atom. The van der Waals surface area contributed by atoms with Gasteiger partial charge in [0.05, 0.1) is 5.56 Å². The van der Waals surface area contributed by atoms with Gasteiger partial charge in [-0.3, -0.25) is 0 Å². The number of rotatable bonds is 6. The number of para-hydroxylation sites is 1. The summed E-state index contributed by atoms with van der Waals surface area (Å²) in [6.07, 6.45) is 3.53. The number of ether oxygens (including phenoxy) is 1. The molecule has 29 heavy (non-hydrogen) atoms. The van der Waals surface area contributed by atoms with E-state index < -0.39 is 0 Å². The fraction of sp³-hybridized carbons (Fsp3) is 0.269. The average Bonchev–Trinajstić information content (AvgIpc) is 2.79. The van der Waals surface area contributed by atoms with E-state index in [1.165, 1.54) is 18.4 Å². The Labute approximate surface area is 179 Å². The Morgan fingerprint density at radius 3 is 2.07 bits per heavy atom. The van der Waals surface area contributed by atoms with Gasteiger partial charge in [0, 0.05) is 13.1 Å². The van der Waals surface area contributed by atoms with Crippen LogP contribution < -0.4 is 4.74 Å². The van der Waals surface area contributed by atoms with Gasteiger partial charge in [-0.2, -0.15) is 0 Å². The smallest absolute Gasteiger partial charge is 0.130 e. The molecule has 0 spiro atoms. The van der Waals surface area contributed by atoms with E-state index in [0.29, 0.717) is 6.61 Å². The van der Waals surface area contributed by atoms with E-state index in [-0.39, 0.29) is 0 Å². The maximum atomic E-state index is 6.12. The fourth-order valence-corrected chi connectivity index (χ4v) is 4.31. The molecule has 0 radical (unpaired) electrons. The van der Waals surface area contributed by atoms with Gasteiger partial charge in [0.2, 0.25) is 0 Å². The van der Waals surface area contributed by atoms with E-state index in [9.17, 15) is 0 Å². The Morgan fingerprint density at radius 2 is 1.38 bits per heavy atom. The molecule has 1 aliphatic heterocycles. The predicted molar refractivity (Wildman–Crippen MR) is 123 cm³/mol. The topological polar surface area (TPSA) is 12.5 Å². The summed E-state index contributed by atoms with van der Waals surface area (Å²) in [4.78, 5) is 3.26. The lowest BCUT2D eigenvalue weighted by molar-refractivity contribution is 0.267. The lowest BCUT2D eigenvalue weighted by atomic mass is 9.90. The molecule has 0 atom stereocenters. The van der Waals surface area contributed by atoms with Crippen molar-refractivity contribution in [2.45, 2.75) is 25.9 Å². The molecule has 0 amide bonds. The van der Waals surface area contributed by atoms with Gasteiger partial charge >= 0.3 is 0 Å². The molecule has 2 nitrogen and oxygen atoms in total. The van der Waals surface area contributed by atoms with Crippen molar-refractivity contribution < 1.29 is 4.74 Å². The van der Waals surface area contributed by atoms with E-state index in [1.807, 2.05) is 36.4 Å². The maximum Gasteiger partial charge on any atom is 0.130 e. The highest BCUT2D eigenvalue weighted by molar-refractivity contribution is 7.80. The lowest BCUT2D eigenvalue weighted by Gasteiger charge is -2.34. The van der Waals surface area contributed by atoms with Crippen LogP contribution in [0, 0.1) is 5.92 Å². The van der Waals surface area contributed by atoms with Crippen LogP contribution >= 0.6 is 12.2 Å². The summed E-state index contributed by atoms with van der Waals surface area (Å²) in [5.41, 5.74) is 3.63. The second-order valence-corrected chi connectivity index (χ2v) is 8.08. The Bertz CT molecular complexity index is 918. The SMILES string of the molecule is S=C(c1ccccc1OCc1ccccc1)N1CCC(Cc2ccccc2)CC1. The minimum absolute atomic E-state index is 0.555. The summed E-state index contributed by atoms with van der Waals surface area (Å²) in [5.74, 6) is 1.61. The van der Waals surface area contributed by atoms with Crippen molar-refractivity contribution in [2.24, 2.45) is 5.92 Å². The van der Waals surface area contributed by atoms with E-state index in [2.05, 4.69) is 53.4 Å². The first-order valence-electron chi connectivity index (χ1n) is 10.4. The molecule has 3 aromatic rings. The number of likely N-dealkylation sites (tertiary alicyclic amines) is 1. The van der Waals surface area contributed by atoms with Gasteiger partial charge < -0.3 is 9.64 Å². The minimum atomic E-state index is 0.555. The molecule has 4 rings (SSSR count). The summed E-state index contributed by atoms with van der Waals surface area (Å²) in [5, 5.41) is 0. The molecule has 0 N–H and O–H groups in total. The van der Waals surface area contributed by atoms with Crippen LogP contribution in [-0.4, -0.2) is 23.0 Å². The number of thiocarbonyl (C=S) groups is 1. The molecular weight excluding hydrogens is 374 g/mol. The van der Waals surface area contributed by atoms with Crippen LogP contribution in [0.1, 0.15) is 29.5 Å². The molecule has 3 heteroatoms. The second kappa shape index (κ2) is 9.71. The number of hydrogen-bond acceptors (Lipinski definition) is 2. The molecule has 1 fully saturated rings. The third-order valence-electron chi connectivity index (χ3n) is 5.62. The molecule has 1 heterocycles. The normalized spacial score (nSPS) is 14.6. The van der Waals surface area contributed by atoms with Gasteiger partial charge in [-0.05, 0) is 48.4 Å². The summed E-state index contributed by atoms with van der Waals surface area (Å²) in [6, 6.07) is 29.2. The van der Waals surface area contributed by atoms with E-state index in [4.69, 9.17) is 17.0 Å². The van der Waals surface area contributed by atoms with E-state index in [0.717, 1.165) is 47.3 Å². The van der Waals surface area contributed by atoms with Crippen LogP contribution in [0.4, 0.5) is 0 Å². The van der Waals surface area contributed by atoms with Crippen LogP contribution in [0.25, 0.3) is 0 Å². The van der Waals surface area contributed by atoms with Gasteiger partial charge in [0.25, 0.3) is 0 Å². The quantitative estimate of drug-likeness (QED) is 0.478. The van der Waals surface area contributed by atoms with Crippen molar-refractivity contribution in [1.29, 1.82) is 0 Å². The van der Waals surface area contributed by atoms with Gasteiger partial charge in [0.15, 0.2) is 0 Å². The zero-order chi connectivity index (χ0) is 19.9. The third kappa shape index (κ3) is 5.24. The zero-order valence-electron chi connectivity index (χ0n) is 16.7. The largest absolute Gasteiger partial charge is 0.488 e. The monoisotopic (exact) mass is 401 g/mol. The first kappa shape index (κ1) is 19.7. The van der Waals surface area contributed by atoms with Crippen molar-refractivity contribution in [3.8, 4) is 5.75 Å². The van der Waals surface area contributed by atoms with Crippen LogP contribution in [0.2, 0.25) is 0 Å². The Hall–Kier alpha value is -2.65. The average molecular weight is 402 g/mol. The highest BCUT2D eigenvalue weighted by atomic mass is 32.1. The van der Waals surface area contributed by atoms with Crippen molar-refractivity contribution in [3.05, 3.63) is 102 Å². The molecule has 0 aromatic heterocycles. The Kier molecular flexibility index (Phi) is 6.58. The first-order chi connectivity index (χ1) is 14.3. The van der Waals surface area contributed by atoms with Crippen molar-refractivity contribution in [2.75, 3.05) is 13.1 Å². The molecular formula is C26H27NOS. The van der Waals surface area contributed by atoms with Crippen LogP contribution in [0.3, 0.4) is 0 Å². The number of hydrogen-bond donors (Lipinski definition) is 0. The van der Waals surface area contributed by atoms with Crippen LogP contribution in [0.15, 0.2) is 84.9 Å². The summed E-state index contributed by atoms with van der Waals surface area (Å²) in [7, 11) is 0. The minimum Gasteiger partial charge on any atom is -0.488 e. The van der Waals surface area contributed by atoms with Crippen LogP contribution in [-0.2, 0) is 13.0 Å². The standard InChI is InChI=1S/C26H27NOS/c29-26(27-17-15-22(16-18-27)19-21-9-3-1-4-10-21)24-13-7-8-14-25(24)28-20-23-11-5-2-6-12-23/h1-14,22H,15-20H2. The number of benzene rings is 3. The van der Waals surface area contributed by atoms with Gasteiger partial charge in [-0.15, -0.1) is 0 Å². The molecule has 0 unspecified atom stereocenters. The highest BCUT2D eigenvalue weighted by Gasteiger charge is 2.23. The molecule has 1 saturated heterocycles. The van der Waals surface area contributed by atoms with Gasteiger partial charge in [-0.1, -0.05) is 85.0 Å². The molecule has 0 aliphatic carbocycles. The summed E-state index contributed by atoms with van der Waals surface area (Å²) < 4.78 is 6.12. The molecule has 1 aliphatic rings. The van der Waals surface area contributed by atoms with Gasteiger partial charge in [-0.25, -0.2) is 0 Å². The van der Waals surface area contributed by atoms with E-state index >= 15 is 0 Å². The van der Waals surface area contributed by atoms with Crippen molar-refractivity contribution in [3.63, 3.8) is 0 Å². The molecule has 0 bridgehead atoms. The van der Waals surface area contributed by atoms with Gasteiger partial charge in [0.1, 0.15) is 17.3 Å². The summed E-state index contributed by atoms with van der Waals surface area (Å²) in [6.45, 7) is 2.59. The molecule has 3 aromatic carbocycles. The predicted octanol–water partition coefficient (Wildman–Crippen LogP) is 5.90. The second-order valence-electron chi connectivity index (χ2n) is 7.70. The number of piperidine rings is 1. The first-order valence-corrected chi connectivity index (χ1v) is 10.8. The third-order valence-corrected chi connectivity index (χ3v) is 6.10. The maximum absolute atomic E-state index is 6.12.